The first-order valence-electron chi connectivity index (χ1n) is 11.6. The largest absolute Gasteiger partial charge is 0.463 e. The molecule has 0 aromatic heterocycles. The van der Waals surface area contributed by atoms with Crippen LogP contribution >= 0.6 is 0 Å². The highest BCUT2D eigenvalue weighted by Gasteiger charge is 2.51. The molecule has 2 saturated heterocycles. The van der Waals surface area contributed by atoms with E-state index >= 15 is 0 Å². The molecule has 0 unspecified atom stereocenters. The first-order chi connectivity index (χ1) is 17.7. The van der Waals surface area contributed by atoms with Gasteiger partial charge in [0.2, 0.25) is 0 Å². The Hall–Kier alpha value is -2.89. The topological polar surface area (TPSA) is 231 Å². The Morgan fingerprint density at radius 3 is 1.50 bits per heavy atom. The fourth-order valence-electron chi connectivity index (χ4n) is 4.02. The second-order valence-corrected chi connectivity index (χ2v) is 8.69. The van der Waals surface area contributed by atoms with Gasteiger partial charge >= 0.3 is 29.8 Å². The van der Waals surface area contributed by atoms with Gasteiger partial charge < -0.3 is 54.5 Å². The van der Waals surface area contributed by atoms with Crippen molar-refractivity contribution in [2.45, 2.75) is 95.9 Å². The molecule has 16 heteroatoms. The molecule has 0 aliphatic carbocycles. The summed E-state index contributed by atoms with van der Waals surface area (Å²) in [5.41, 5.74) is 12.1. The molecule has 0 saturated carbocycles. The van der Waals surface area contributed by atoms with E-state index in [2.05, 4.69) is 0 Å². The summed E-state index contributed by atoms with van der Waals surface area (Å²) in [4.78, 5) is 58.2. The summed E-state index contributed by atoms with van der Waals surface area (Å²) in [6.07, 6.45) is -10.5. The minimum absolute atomic E-state index is 0.407. The molecule has 2 rings (SSSR count). The molecule has 0 aromatic carbocycles. The van der Waals surface area contributed by atoms with Gasteiger partial charge in [-0.05, 0) is 0 Å². The summed E-state index contributed by atoms with van der Waals surface area (Å²) in [7, 11) is 0. The lowest BCUT2D eigenvalue weighted by Crippen LogP contribution is -2.66. The van der Waals surface area contributed by atoms with Gasteiger partial charge in [-0.25, -0.2) is 0 Å². The van der Waals surface area contributed by atoms with Crippen LogP contribution in [0.5, 0.6) is 0 Å². The number of hydrogen-bond donors (Lipinski definition) is 3. The lowest BCUT2D eigenvalue weighted by Gasteiger charge is -2.45. The number of esters is 5. The molecule has 5 N–H and O–H groups in total. The number of nitrogens with two attached hydrogens (primary N) is 2. The van der Waals surface area contributed by atoms with Gasteiger partial charge in [-0.2, -0.15) is 0 Å². The van der Waals surface area contributed by atoms with Crippen molar-refractivity contribution in [3.05, 3.63) is 0 Å². The Kier molecular flexibility index (Phi) is 11.4. The van der Waals surface area contributed by atoms with Gasteiger partial charge in [0, 0.05) is 34.6 Å². The molecule has 2 heterocycles. The van der Waals surface area contributed by atoms with Gasteiger partial charge in [0.05, 0.1) is 18.7 Å². The van der Waals surface area contributed by atoms with Gasteiger partial charge in [-0.3, -0.25) is 24.0 Å². The van der Waals surface area contributed by atoms with Crippen LogP contribution in [-0.2, 0) is 61.9 Å². The lowest BCUT2D eigenvalue weighted by atomic mass is 9.96. The molecular formula is C22H34N2O14. The fraction of sp³-hybridized carbons (Fsp3) is 0.773. The van der Waals surface area contributed by atoms with E-state index in [0.717, 1.165) is 34.6 Å². The number of aliphatic hydroxyl groups is 1. The first kappa shape index (κ1) is 31.3. The zero-order valence-corrected chi connectivity index (χ0v) is 21.6. The van der Waals surface area contributed by atoms with Crippen LogP contribution in [0.4, 0.5) is 0 Å². The molecule has 0 amide bonds. The third-order valence-electron chi connectivity index (χ3n) is 5.49. The van der Waals surface area contributed by atoms with Crippen molar-refractivity contribution in [3.63, 3.8) is 0 Å². The lowest BCUT2D eigenvalue weighted by molar-refractivity contribution is -0.298. The van der Waals surface area contributed by atoms with Gasteiger partial charge in [0.25, 0.3) is 0 Å². The molecule has 216 valence electrons. The maximum atomic E-state index is 11.8. The van der Waals surface area contributed by atoms with Crippen LogP contribution in [0.25, 0.3) is 0 Å². The van der Waals surface area contributed by atoms with Crippen LogP contribution in [0.3, 0.4) is 0 Å². The minimum Gasteiger partial charge on any atom is -0.463 e. The fourth-order valence-corrected chi connectivity index (χ4v) is 4.02. The van der Waals surface area contributed by atoms with Crippen LogP contribution in [0.15, 0.2) is 0 Å². The van der Waals surface area contributed by atoms with Gasteiger partial charge in [-0.15, -0.1) is 0 Å². The molecule has 0 spiro atoms. The highest BCUT2D eigenvalue weighted by Crippen LogP contribution is 2.29. The standard InChI is InChI=1S/C22H34N2O14/c1-8(25)31-6-14-18(34-10(3)27)20(36-12(5)29)16(24)22(38-14)32-7-13-17(33-9(2)26)19(35-11(4)28)15(23)21(30)37-13/h13-22,30H,6-7,23-24H2,1-5H3/t13-,14-,15-,16-,17+,18-,19-,20-,21-,22-/m1/s1. The smallest absolute Gasteiger partial charge is 0.303 e. The van der Waals surface area contributed by atoms with Gasteiger partial charge in [-0.1, -0.05) is 0 Å². The van der Waals surface area contributed by atoms with Crippen LogP contribution in [0, 0.1) is 0 Å². The van der Waals surface area contributed by atoms with E-state index in [4.69, 9.17) is 49.4 Å². The van der Waals surface area contributed by atoms with Crippen molar-refractivity contribution >= 4 is 29.8 Å². The average molecular weight is 551 g/mol. The van der Waals surface area contributed by atoms with E-state index in [1.165, 1.54) is 0 Å². The molecule has 0 aromatic rings. The first-order valence-corrected chi connectivity index (χ1v) is 11.6. The molecule has 10 atom stereocenters. The maximum Gasteiger partial charge on any atom is 0.303 e. The van der Waals surface area contributed by atoms with Crippen LogP contribution in [0.2, 0.25) is 0 Å². The van der Waals surface area contributed by atoms with Crippen molar-refractivity contribution in [2.24, 2.45) is 11.5 Å². The number of aliphatic hydroxyl groups excluding tert-OH is 1. The van der Waals surface area contributed by atoms with Crippen LogP contribution < -0.4 is 11.5 Å². The van der Waals surface area contributed by atoms with Crippen LogP contribution in [-0.4, -0.2) is 109 Å². The van der Waals surface area contributed by atoms with E-state index < -0.39 is 104 Å². The zero-order valence-electron chi connectivity index (χ0n) is 21.6. The van der Waals surface area contributed by atoms with Crippen molar-refractivity contribution in [1.29, 1.82) is 0 Å². The van der Waals surface area contributed by atoms with E-state index in [-0.39, 0.29) is 0 Å². The van der Waals surface area contributed by atoms with E-state index in [1.807, 2.05) is 0 Å². The predicted molar refractivity (Wildman–Crippen MR) is 120 cm³/mol. The number of rotatable bonds is 9. The number of ether oxygens (including phenoxy) is 8. The van der Waals surface area contributed by atoms with Crippen molar-refractivity contribution in [2.75, 3.05) is 13.2 Å². The Morgan fingerprint density at radius 2 is 1.05 bits per heavy atom. The Balaban J connectivity index is 2.29. The molecule has 0 radical (unpaired) electrons. The number of carbonyl (C=O) groups is 5. The molecule has 38 heavy (non-hydrogen) atoms. The maximum absolute atomic E-state index is 11.8. The monoisotopic (exact) mass is 550 g/mol. The zero-order chi connectivity index (χ0) is 28.7. The van der Waals surface area contributed by atoms with E-state index in [9.17, 15) is 29.1 Å². The normalized spacial score (nSPS) is 34.9. The summed E-state index contributed by atoms with van der Waals surface area (Å²) < 4.78 is 42.9. The summed E-state index contributed by atoms with van der Waals surface area (Å²) in [5, 5.41) is 10.3. The molecule has 0 bridgehead atoms. The van der Waals surface area contributed by atoms with Crippen molar-refractivity contribution in [3.8, 4) is 0 Å². The van der Waals surface area contributed by atoms with E-state index in [0.29, 0.717) is 0 Å². The minimum atomic E-state index is -1.63. The van der Waals surface area contributed by atoms with Crippen LogP contribution in [0.1, 0.15) is 34.6 Å². The molecule has 2 aliphatic rings. The average Bonchev–Trinajstić information content (AvgIpc) is 2.79. The van der Waals surface area contributed by atoms with Crippen molar-refractivity contribution < 1.29 is 67.0 Å². The summed E-state index contributed by atoms with van der Waals surface area (Å²) in [5.74, 6) is -3.65. The number of hydrogen-bond acceptors (Lipinski definition) is 16. The molecule has 2 fully saturated rings. The SMILES string of the molecule is CC(=O)OC[C@H]1O[C@@H](OC[C@H]2O[C@@H](O)[C@H](N)[C@@H](OC(C)=O)[C@H]2OC(C)=O)[C@H](N)[C@@H](OC(C)=O)[C@@H]1OC(C)=O. The van der Waals surface area contributed by atoms with Crippen molar-refractivity contribution in [1.82, 2.24) is 0 Å². The third kappa shape index (κ3) is 8.57. The highest BCUT2D eigenvalue weighted by atomic mass is 16.7. The summed E-state index contributed by atoms with van der Waals surface area (Å²) >= 11 is 0. The second kappa shape index (κ2) is 13.8. The Labute approximate surface area is 218 Å². The van der Waals surface area contributed by atoms with E-state index in [1.54, 1.807) is 0 Å². The summed E-state index contributed by atoms with van der Waals surface area (Å²) in [6, 6.07) is -2.48. The predicted octanol–water partition coefficient (Wildman–Crippen LogP) is -2.61. The van der Waals surface area contributed by atoms with Gasteiger partial charge in [0.1, 0.15) is 18.8 Å². The highest BCUT2D eigenvalue weighted by molar-refractivity contribution is 5.68. The summed E-state index contributed by atoms with van der Waals surface area (Å²) in [6.45, 7) is 4.74. The Morgan fingerprint density at radius 1 is 0.632 bits per heavy atom. The molecule has 2 aliphatic heterocycles. The third-order valence-corrected chi connectivity index (χ3v) is 5.49. The molecule has 16 nitrogen and oxygen atoms in total. The molecular weight excluding hydrogens is 516 g/mol. The van der Waals surface area contributed by atoms with Gasteiger partial charge in [0.15, 0.2) is 37.0 Å². The Bertz CT molecular complexity index is 884. The quantitative estimate of drug-likeness (QED) is 0.197. The number of carbonyl (C=O) groups excluding carboxylic acids is 5. The second-order valence-electron chi connectivity index (χ2n) is 8.69.